The van der Waals surface area contributed by atoms with Crippen LogP contribution in [0.5, 0.6) is 5.75 Å². The molecule has 0 atom stereocenters. The van der Waals surface area contributed by atoms with Crippen LogP contribution in [-0.2, 0) is 0 Å². The molecule has 1 aromatic rings. The standard InChI is InChI=1S/C18H26O2/c1-2-13-20-17-11-9-16(10-12-17)18(19)14-15-7-5-3-4-6-8-15/h9-12,15H,2-8,13-14H2,1H3. The molecular weight excluding hydrogens is 248 g/mol. The molecule has 2 heteroatoms. The highest BCUT2D eigenvalue weighted by molar-refractivity contribution is 5.96. The minimum atomic E-state index is 0.291. The van der Waals surface area contributed by atoms with Crippen molar-refractivity contribution >= 4 is 5.78 Å². The predicted molar refractivity (Wildman–Crippen MR) is 82.4 cm³/mol. The number of carbonyl (C=O) groups is 1. The largest absolute Gasteiger partial charge is 0.494 e. The van der Waals surface area contributed by atoms with Gasteiger partial charge in [-0.1, -0.05) is 45.4 Å². The molecule has 1 aromatic carbocycles. The average molecular weight is 274 g/mol. The maximum atomic E-state index is 12.3. The monoisotopic (exact) mass is 274 g/mol. The van der Waals surface area contributed by atoms with E-state index >= 15 is 0 Å². The van der Waals surface area contributed by atoms with Gasteiger partial charge in [-0.3, -0.25) is 4.79 Å². The van der Waals surface area contributed by atoms with Gasteiger partial charge in [0.05, 0.1) is 6.61 Å². The molecule has 1 aliphatic carbocycles. The van der Waals surface area contributed by atoms with E-state index in [2.05, 4.69) is 6.92 Å². The van der Waals surface area contributed by atoms with E-state index in [-0.39, 0.29) is 0 Å². The summed E-state index contributed by atoms with van der Waals surface area (Å²) in [5.74, 6) is 1.75. The zero-order chi connectivity index (χ0) is 14.2. The quantitative estimate of drug-likeness (QED) is 0.538. The zero-order valence-electron chi connectivity index (χ0n) is 12.6. The van der Waals surface area contributed by atoms with E-state index in [9.17, 15) is 4.79 Å². The van der Waals surface area contributed by atoms with E-state index in [0.717, 1.165) is 30.8 Å². The van der Waals surface area contributed by atoms with Gasteiger partial charge in [-0.15, -0.1) is 0 Å². The van der Waals surface area contributed by atoms with Crippen LogP contribution in [0.4, 0.5) is 0 Å². The fourth-order valence-electron chi connectivity index (χ4n) is 2.91. The Kier molecular flexibility index (Phi) is 6.10. The Labute approximate surface area is 122 Å². The van der Waals surface area contributed by atoms with E-state index in [1.54, 1.807) is 0 Å². The lowest BCUT2D eigenvalue weighted by Crippen LogP contribution is -2.08. The summed E-state index contributed by atoms with van der Waals surface area (Å²) >= 11 is 0. The SMILES string of the molecule is CCCOc1ccc(C(=O)CC2CCCCCC2)cc1. The van der Waals surface area contributed by atoms with Crippen LogP contribution in [0.15, 0.2) is 24.3 Å². The number of ether oxygens (including phenoxy) is 1. The first-order chi connectivity index (χ1) is 9.79. The Morgan fingerprint density at radius 1 is 1.10 bits per heavy atom. The molecule has 20 heavy (non-hydrogen) atoms. The molecule has 0 saturated heterocycles. The van der Waals surface area contributed by atoms with Gasteiger partial charge in [0, 0.05) is 12.0 Å². The van der Waals surface area contributed by atoms with Gasteiger partial charge in [0.2, 0.25) is 0 Å². The van der Waals surface area contributed by atoms with Crippen LogP contribution >= 0.6 is 0 Å². The smallest absolute Gasteiger partial charge is 0.163 e. The Morgan fingerprint density at radius 3 is 2.35 bits per heavy atom. The lowest BCUT2D eigenvalue weighted by atomic mass is 9.92. The van der Waals surface area contributed by atoms with E-state index < -0.39 is 0 Å². The van der Waals surface area contributed by atoms with Gasteiger partial charge < -0.3 is 4.74 Å². The van der Waals surface area contributed by atoms with E-state index in [1.807, 2.05) is 24.3 Å². The Hall–Kier alpha value is -1.31. The van der Waals surface area contributed by atoms with Gasteiger partial charge >= 0.3 is 0 Å². The summed E-state index contributed by atoms with van der Waals surface area (Å²) in [5.41, 5.74) is 0.832. The van der Waals surface area contributed by atoms with Gasteiger partial charge in [0.1, 0.15) is 5.75 Å². The molecule has 1 aliphatic rings. The zero-order valence-corrected chi connectivity index (χ0v) is 12.6. The van der Waals surface area contributed by atoms with Gasteiger partial charge in [0.25, 0.3) is 0 Å². The second-order valence-electron chi connectivity index (χ2n) is 5.86. The molecule has 2 rings (SSSR count). The summed E-state index contributed by atoms with van der Waals surface area (Å²) in [6, 6.07) is 7.64. The van der Waals surface area contributed by atoms with Crippen molar-refractivity contribution in [3.63, 3.8) is 0 Å². The molecule has 2 nitrogen and oxygen atoms in total. The minimum Gasteiger partial charge on any atom is -0.494 e. The highest BCUT2D eigenvalue weighted by Crippen LogP contribution is 2.27. The molecular formula is C18H26O2. The number of rotatable bonds is 6. The van der Waals surface area contributed by atoms with Crippen molar-refractivity contribution in [2.45, 2.75) is 58.3 Å². The first-order valence-corrected chi connectivity index (χ1v) is 8.05. The summed E-state index contributed by atoms with van der Waals surface area (Å²) in [6.07, 6.45) is 9.44. The van der Waals surface area contributed by atoms with Gasteiger partial charge in [-0.25, -0.2) is 0 Å². The third-order valence-electron chi connectivity index (χ3n) is 4.10. The molecule has 0 aliphatic heterocycles. The number of hydrogen-bond donors (Lipinski definition) is 0. The molecule has 1 fully saturated rings. The maximum absolute atomic E-state index is 12.3. The Balaban J connectivity index is 1.88. The van der Waals surface area contributed by atoms with Crippen LogP contribution in [0.25, 0.3) is 0 Å². The van der Waals surface area contributed by atoms with Crippen LogP contribution in [0, 0.1) is 5.92 Å². The van der Waals surface area contributed by atoms with Crippen LogP contribution < -0.4 is 4.74 Å². The van der Waals surface area contributed by atoms with Crippen LogP contribution in [0.3, 0.4) is 0 Å². The molecule has 1 saturated carbocycles. The van der Waals surface area contributed by atoms with Crippen LogP contribution in [0.1, 0.15) is 68.6 Å². The summed E-state index contributed by atoms with van der Waals surface area (Å²) in [6.45, 7) is 2.82. The average Bonchev–Trinajstić information content (AvgIpc) is 2.74. The van der Waals surface area contributed by atoms with E-state index in [0.29, 0.717) is 11.7 Å². The minimum absolute atomic E-state index is 0.291. The summed E-state index contributed by atoms with van der Waals surface area (Å²) in [5, 5.41) is 0. The summed E-state index contributed by atoms with van der Waals surface area (Å²) < 4.78 is 5.55. The molecule has 0 bridgehead atoms. The van der Waals surface area contributed by atoms with Crippen molar-refractivity contribution in [1.29, 1.82) is 0 Å². The van der Waals surface area contributed by atoms with Crippen molar-refractivity contribution in [3.8, 4) is 5.75 Å². The normalized spacial score (nSPS) is 16.6. The van der Waals surface area contributed by atoms with Crippen LogP contribution in [-0.4, -0.2) is 12.4 Å². The maximum Gasteiger partial charge on any atom is 0.163 e. The molecule has 0 N–H and O–H groups in total. The van der Waals surface area contributed by atoms with Gasteiger partial charge in [-0.05, 0) is 36.6 Å². The number of benzene rings is 1. The fourth-order valence-corrected chi connectivity index (χ4v) is 2.91. The first-order valence-electron chi connectivity index (χ1n) is 8.05. The number of carbonyl (C=O) groups excluding carboxylic acids is 1. The molecule has 110 valence electrons. The number of hydrogen-bond acceptors (Lipinski definition) is 2. The fraction of sp³-hybridized carbons (Fsp3) is 0.611. The summed E-state index contributed by atoms with van der Waals surface area (Å²) in [7, 11) is 0. The van der Waals surface area contributed by atoms with E-state index in [4.69, 9.17) is 4.74 Å². The second kappa shape index (κ2) is 8.08. The van der Waals surface area contributed by atoms with Crippen molar-refractivity contribution in [1.82, 2.24) is 0 Å². The van der Waals surface area contributed by atoms with Gasteiger partial charge in [0.15, 0.2) is 5.78 Å². The highest BCUT2D eigenvalue weighted by atomic mass is 16.5. The van der Waals surface area contributed by atoms with Crippen molar-refractivity contribution in [3.05, 3.63) is 29.8 Å². The summed E-state index contributed by atoms with van der Waals surface area (Å²) in [4.78, 5) is 12.3. The van der Waals surface area contributed by atoms with E-state index in [1.165, 1.54) is 38.5 Å². The molecule has 0 unspecified atom stereocenters. The van der Waals surface area contributed by atoms with Crippen molar-refractivity contribution in [2.75, 3.05) is 6.61 Å². The number of Topliss-reactive ketones (excluding diaryl/α,β-unsaturated/α-hetero) is 1. The number of ketones is 1. The van der Waals surface area contributed by atoms with Crippen molar-refractivity contribution < 1.29 is 9.53 Å². The topological polar surface area (TPSA) is 26.3 Å². The lowest BCUT2D eigenvalue weighted by molar-refractivity contribution is 0.0957. The Morgan fingerprint density at radius 2 is 1.75 bits per heavy atom. The third-order valence-corrected chi connectivity index (χ3v) is 4.10. The van der Waals surface area contributed by atoms with Gasteiger partial charge in [-0.2, -0.15) is 0 Å². The molecule has 0 aromatic heterocycles. The first kappa shape index (κ1) is 15.1. The third kappa shape index (κ3) is 4.66. The lowest BCUT2D eigenvalue weighted by Gasteiger charge is -2.13. The molecule has 0 heterocycles. The highest BCUT2D eigenvalue weighted by Gasteiger charge is 2.17. The predicted octanol–water partition coefficient (Wildman–Crippen LogP) is 5.02. The van der Waals surface area contributed by atoms with Crippen LogP contribution in [0.2, 0.25) is 0 Å². The Bertz CT molecular complexity index is 400. The second-order valence-corrected chi connectivity index (χ2v) is 5.86. The van der Waals surface area contributed by atoms with Crippen molar-refractivity contribution in [2.24, 2.45) is 5.92 Å². The molecule has 0 amide bonds. The molecule has 0 radical (unpaired) electrons. The molecule has 0 spiro atoms.